The molecule has 0 N–H and O–H groups in total. The van der Waals surface area contributed by atoms with Gasteiger partial charge in [-0.05, 0) is 40.8 Å². The first-order chi connectivity index (χ1) is 14.7. The Morgan fingerprint density at radius 1 is 1.03 bits per heavy atom. The van der Waals surface area contributed by atoms with E-state index in [0.717, 1.165) is 5.39 Å². The highest BCUT2D eigenvalue weighted by molar-refractivity contribution is 5.96. The van der Waals surface area contributed by atoms with Gasteiger partial charge in [0.2, 0.25) is 0 Å². The lowest BCUT2D eigenvalue weighted by Crippen LogP contribution is -2.48. The van der Waals surface area contributed by atoms with Crippen molar-refractivity contribution in [1.82, 2.24) is 30.0 Å². The number of fused-ring (bicyclic) bond motifs is 1. The number of piperazine rings is 1. The van der Waals surface area contributed by atoms with E-state index in [-0.39, 0.29) is 11.7 Å². The van der Waals surface area contributed by atoms with Crippen LogP contribution in [0.3, 0.4) is 0 Å². The van der Waals surface area contributed by atoms with Crippen LogP contribution >= 0.6 is 0 Å². The Kier molecular flexibility index (Phi) is 4.72. The number of carbonyl (C=O) groups is 1. The first-order valence-electron chi connectivity index (χ1n) is 9.71. The van der Waals surface area contributed by atoms with Crippen molar-refractivity contribution in [3.05, 3.63) is 72.0 Å². The average molecular weight is 406 g/mol. The molecule has 1 saturated heterocycles. The lowest BCUT2D eigenvalue weighted by molar-refractivity contribution is 0.0596. The van der Waals surface area contributed by atoms with Gasteiger partial charge in [0.15, 0.2) is 11.6 Å². The van der Waals surface area contributed by atoms with Crippen LogP contribution in [0.5, 0.6) is 0 Å². The number of tetrazole rings is 1. The minimum absolute atomic E-state index is 0.101. The molecule has 30 heavy (non-hydrogen) atoms. The molecule has 1 fully saturated rings. The predicted molar refractivity (Wildman–Crippen MR) is 107 cm³/mol. The number of hydrogen-bond donors (Lipinski definition) is 0. The summed E-state index contributed by atoms with van der Waals surface area (Å²) in [5.74, 6) is 0.541. The maximum Gasteiger partial charge on any atom is 0.289 e. The third kappa shape index (κ3) is 3.55. The Labute approximate surface area is 171 Å². The van der Waals surface area contributed by atoms with E-state index in [4.69, 9.17) is 4.42 Å². The molecule has 1 amide bonds. The quantitative estimate of drug-likeness (QED) is 0.518. The van der Waals surface area contributed by atoms with Gasteiger partial charge in [-0.3, -0.25) is 9.69 Å². The van der Waals surface area contributed by atoms with Crippen molar-refractivity contribution >= 4 is 16.9 Å². The standard InChI is InChI=1S/C21H19FN6O2/c22-16-5-3-6-17(13-16)28-20(23-24-25-28)14-26-8-10-27(11-9-26)21(29)19-12-15-4-1-2-7-18(15)30-19/h1-7,12-13H,8-11,14H2. The first kappa shape index (κ1) is 18.4. The molecule has 1 aliphatic heterocycles. The molecule has 0 atom stereocenters. The molecule has 0 saturated carbocycles. The molecule has 0 bridgehead atoms. The number of furan rings is 1. The van der Waals surface area contributed by atoms with Crippen LogP contribution in [0.2, 0.25) is 0 Å². The van der Waals surface area contributed by atoms with Crippen molar-refractivity contribution in [3.63, 3.8) is 0 Å². The highest BCUT2D eigenvalue weighted by Crippen LogP contribution is 2.21. The summed E-state index contributed by atoms with van der Waals surface area (Å²) in [7, 11) is 0. The minimum atomic E-state index is -0.341. The normalized spacial score (nSPS) is 15.0. The second-order valence-electron chi connectivity index (χ2n) is 7.20. The molecule has 2 aromatic carbocycles. The van der Waals surface area contributed by atoms with Crippen LogP contribution in [0, 0.1) is 5.82 Å². The molecule has 4 aromatic rings. The smallest absolute Gasteiger partial charge is 0.289 e. The second kappa shape index (κ2) is 7.68. The van der Waals surface area contributed by atoms with Gasteiger partial charge in [0, 0.05) is 31.6 Å². The summed E-state index contributed by atoms with van der Waals surface area (Å²) in [5.41, 5.74) is 1.29. The Bertz CT molecular complexity index is 1160. The summed E-state index contributed by atoms with van der Waals surface area (Å²) >= 11 is 0. The topological polar surface area (TPSA) is 80.3 Å². The molecule has 1 aliphatic rings. The van der Waals surface area contributed by atoms with Crippen LogP contribution in [0.1, 0.15) is 16.4 Å². The molecule has 152 valence electrons. The largest absolute Gasteiger partial charge is 0.451 e. The summed E-state index contributed by atoms with van der Waals surface area (Å²) in [6.45, 7) is 3.04. The lowest BCUT2D eigenvalue weighted by Gasteiger charge is -2.33. The highest BCUT2D eigenvalue weighted by atomic mass is 19.1. The number of halogens is 1. The molecule has 0 unspecified atom stereocenters. The second-order valence-corrected chi connectivity index (χ2v) is 7.20. The molecule has 5 rings (SSSR count). The summed E-state index contributed by atoms with van der Waals surface area (Å²) in [6.07, 6.45) is 0. The average Bonchev–Trinajstić information content (AvgIpc) is 3.40. The van der Waals surface area contributed by atoms with E-state index in [1.165, 1.54) is 16.8 Å². The number of amides is 1. The van der Waals surface area contributed by atoms with E-state index < -0.39 is 0 Å². The number of rotatable bonds is 4. The third-order valence-corrected chi connectivity index (χ3v) is 5.25. The van der Waals surface area contributed by atoms with Crippen LogP contribution in [-0.2, 0) is 6.54 Å². The van der Waals surface area contributed by atoms with Gasteiger partial charge >= 0.3 is 0 Å². The number of nitrogens with zero attached hydrogens (tertiary/aromatic N) is 6. The first-order valence-corrected chi connectivity index (χ1v) is 9.71. The maximum atomic E-state index is 13.5. The fourth-order valence-electron chi connectivity index (χ4n) is 3.66. The van der Waals surface area contributed by atoms with Crippen LogP contribution < -0.4 is 0 Å². The fraction of sp³-hybridized carbons (Fsp3) is 0.238. The van der Waals surface area contributed by atoms with Crippen LogP contribution in [0.15, 0.2) is 59.0 Å². The molecule has 2 aromatic heterocycles. The number of hydrogen-bond acceptors (Lipinski definition) is 6. The van der Waals surface area contributed by atoms with Crippen LogP contribution in [-0.4, -0.2) is 62.1 Å². The number of carbonyl (C=O) groups excluding carboxylic acids is 1. The van der Waals surface area contributed by atoms with Gasteiger partial charge < -0.3 is 9.32 Å². The van der Waals surface area contributed by atoms with E-state index >= 15 is 0 Å². The van der Waals surface area contributed by atoms with Crippen molar-refractivity contribution < 1.29 is 13.6 Å². The van der Waals surface area contributed by atoms with E-state index in [1.54, 1.807) is 23.1 Å². The Morgan fingerprint density at radius 2 is 1.87 bits per heavy atom. The van der Waals surface area contributed by atoms with E-state index in [0.29, 0.717) is 55.6 Å². The Morgan fingerprint density at radius 3 is 2.67 bits per heavy atom. The number of aromatic nitrogens is 4. The van der Waals surface area contributed by atoms with Crippen molar-refractivity contribution in [3.8, 4) is 5.69 Å². The zero-order chi connectivity index (χ0) is 20.5. The van der Waals surface area contributed by atoms with Crippen molar-refractivity contribution in [2.75, 3.05) is 26.2 Å². The minimum Gasteiger partial charge on any atom is -0.451 e. The van der Waals surface area contributed by atoms with Gasteiger partial charge in [0.1, 0.15) is 11.4 Å². The van der Waals surface area contributed by atoms with Gasteiger partial charge in [-0.2, -0.15) is 4.68 Å². The van der Waals surface area contributed by atoms with E-state index in [9.17, 15) is 9.18 Å². The van der Waals surface area contributed by atoms with E-state index in [2.05, 4.69) is 20.4 Å². The predicted octanol–water partition coefficient (Wildman–Crippen LogP) is 2.51. The van der Waals surface area contributed by atoms with Crippen LogP contribution in [0.25, 0.3) is 16.7 Å². The summed E-state index contributed by atoms with van der Waals surface area (Å²) in [6, 6.07) is 15.5. The molecule has 9 heteroatoms. The summed E-state index contributed by atoms with van der Waals surface area (Å²) in [5, 5.41) is 12.7. The Balaban J connectivity index is 1.24. The fourth-order valence-corrected chi connectivity index (χ4v) is 3.66. The van der Waals surface area contributed by atoms with Gasteiger partial charge in [-0.25, -0.2) is 4.39 Å². The molecule has 0 spiro atoms. The maximum absolute atomic E-state index is 13.5. The van der Waals surface area contributed by atoms with Crippen molar-refractivity contribution in [2.45, 2.75) is 6.54 Å². The van der Waals surface area contributed by atoms with Gasteiger partial charge in [0.05, 0.1) is 12.2 Å². The monoisotopic (exact) mass is 406 g/mol. The number of para-hydroxylation sites is 1. The van der Waals surface area contributed by atoms with Crippen molar-refractivity contribution in [1.29, 1.82) is 0 Å². The molecular formula is C21H19FN6O2. The van der Waals surface area contributed by atoms with E-state index in [1.807, 2.05) is 24.3 Å². The number of benzene rings is 2. The summed E-state index contributed by atoms with van der Waals surface area (Å²) < 4.78 is 20.8. The molecular weight excluding hydrogens is 387 g/mol. The van der Waals surface area contributed by atoms with Crippen molar-refractivity contribution in [2.24, 2.45) is 0 Å². The molecule has 3 heterocycles. The highest BCUT2D eigenvalue weighted by Gasteiger charge is 2.25. The lowest BCUT2D eigenvalue weighted by atomic mass is 10.2. The third-order valence-electron chi connectivity index (χ3n) is 5.25. The zero-order valence-electron chi connectivity index (χ0n) is 16.1. The van der Waals surface area contributed by atoms with Gasteiger partial charge in [-0.1, -0.05) is 24.3 Å². The van der Waals surface area contributed by atoms with Crippen LogP contribution in [0.4, 0.5) is 4.39 Å². The molecule has 8 nitrogen and oxygen atoms in total. The molecule has 0 aliphatic carbocycles. The summed E-state index contributed by atoms with van der Waals surface area (Å²) in [4.78, 5) is 16.8. The van der Waals surface area contributed by atoms with Gasteiger partial charge in [0.25, 0.3) is 5.91 Å². The Hall–Kier alpha value is -3.59. The van der Waals surface area contributed by atoms with Gasteiger partial charge in [-0.15, -0.1) is 5.10 Å². The zero-order valence-corrected chi connectivity index (χ0v) is 16.1. The molecule has 0 radical (unpaired) electrons. The SMILES string of the molecule is O=C(c1cc2ccccc2o1)N1CCN(Cc2nnnn2-c2cccc(F)c2)CC1.